The van der Waals surface area contributed by atoms with E-state index < -0.39 is 5.97 Å². The Labute approximate surface area is 141 Å². The number of carboxylic acid groups (broad SMARTS) is 1. The molecule has 2 heterocycles. The number of piperidine rings is 1. The van der Waals surface area contributed by atoms with Gasteiger partial charge in [-0.05, 0) is 56.1 Å². The molecule has 0 radical (unpaired) electrons. The summed E-state index contributed by atoms with van der Waals surface area (Å²) in [6, 6.07) is 12.1. The number of carbonyl (C=O) groups is 1. The zero-order valence-electron chi connectivity index (χ0n) is 13.7. The lowest BCUT2D eigenvalue weighted by molar-refractivity contribution is -0.143. The lowest BCUT2D eigenvalue weighted by Crippen LogP contribution is -2.41. The Hall–Kier alpha value is -2.27. The molecule has 24 heavy (non-hydrogen) atoms. The first-order valence-corrected chi connectivity index (χ1v) is 8.20. The smallest absolute Gasteiger partial charge is 0.307 e. The molecule has 5 heteroatoms. The van der Waals surface area contributed by atoms with E-state index >= 15 is 0 Å². The lowest BCUT2D eigenvalue weighted by Gasteiger charge is -2.37. The number of carboxylic acids is 1. The van der Waals surface area contributed by atoms with Crippen LogP contribution in [0, 0.1) is 18.7 Å². The van der Waals surface area contributed by atoms with Crippen molar-refractivity contribution in [1.29, 1.82) is 0 Å². The van der Waals surface area contributed by atoms with Crippen LogP contribution in [0.25, 0.3) is 0 Å². The molecule has 1 aromatic heterocycles. The van der Waals surface area contributed by atoms with Crippen molar-refractivity contribution in [3.05, 3.63) is 65.2 Å². The van der Waals surface area contributed by atoms with Crippen molar-refractivity contribution in [2.45, 2.75) is 25.8 Å². The van der Waals surface area contributed by atoms with Gasteiger partial charge in [0.25, 0.3) is 0 Å². The first kappa shape index (κ1) is 16.6. The number of halogens is 1. The Morgan fingerprint density at radius 3 is 2.71 bits per heavy atom. The number of nitrogens with zero attached hydrogens (tertiary/aromatic N) is 2. The van der Waals surface area contributed by atoms with Crippen LogP contribution < -0.4 is 0 Å². The van der Waals surface area contributed by atoms with E-state index in [9.17, 15) is 14.3 Å². The second-order valence-corrected chi connectivity index (χ2v) is 6.33. The van der Waals surface area contributed by atoms with Crippen LogP contribution in [0.4, 0.5) is 4.39 Å². The average Bonchev–Trinajstić information content (AvgIpc) is 2.57. The second-order valence-electron chi connectivity index (χ2n) is 6.33. The predicted octanol–water partition coefficient (Wildman–Crippen LogP) is 3.42. The Morgan fingerprint density at radius 1 is 1.29 bits per heavy atom. The van der Waals surface area contributed by atoms with Gasteiger partial charge < -0.3 is 5.11 Å². The molecule has 1 N–H and O–H groups in total. The van der Waals surface area contributed by atoms with Crippen LogP contribution >= 0.6 is 0 Å². The molecule has 2 atom stereocenters. The van der Waals surface area contributed by atoms with Gasteiger partial charge in [-0.3, -0.25) is 14.7 Å². The zero-order valence-corrected chi connectivity index (χ0v) is 13.7. The molecule has 1 fully saturated rings. The maximum Gasteiger partial charge on any atom is 0.307 e. The maximum absolute atomic E-state index is 13.3. The van der Waals surface area contributed by atoms with Crippen LogP contribution in [0.15, 0.2) is 42.5 Å². The first-order chi connectivity index (χ1) is 11.5. The molecule has 3 rings (SSSR count). The fourth-order valence-corrected chi connectivity index (χ4v) is 3.37. The molecule has 0 amide bonds. The van der Waals surface area contributed by atoms with Crippen LogP contribution in [0.3, 0.4) is 0 Å². The van der Waals surface area contributed by atoms with Crippen LogP contribution in [0.5, 0.6) is 0 Å². The monoisotopic (exact) mass is 328 g/mol. The van der Waals surface area contributed by atoms with Gasteiger partial charge >= 0.3 is 5.97 Å². The molecule has 1 aromatic carbocycles. The van der Waals surface area contributed by atoms with Gasteiger partial charge in [-0.1, -0.05) is 18.2 Å². The number of likely N-dealkylation sites (tertiary alicyclic amines) is 1. The van der Waals surface area contributed by atoms with Crippen molar-refractivity contribution >= 4 is 5.97 Å². The topological polar surface area (TPSA) is 53.4 Å². The number of benzene rings is 1. The highest BCUT2D eigenvalue weighted by Crippen LogP contribution is 2.32. The third kappa shape index (κ3) is 3.62. The van der Waals surface area contributed by atoms with Crippen molar-refractivity contribution in [2.75, 3.05) is 13.1 Å². The van der Waals surface area contributed by atoms with Gasteiger partial charge in [0.2, 0.25) is 0 Å². The molecule has 126 valence electrons. The molecule has 0 aliphatic carbocycles. The largest absolute Gasteiger partial charge is 0.481 e. The normalized spacial score (nSPS) is 19.8. The molecule has 2 aromatic rings. The quantitative estimate of drug-likeness (QED) is 0.934. The van der Waals surface area contributed by atoms with Crippen LogP contribution in [0.1, 0.15) is 35.8 Å². The predicted molar refractivity (Wildman–Crippen MR) is 89.1 cm³/mol. The molecule has 1 saturated heterocycles. The Kier molecular flexibility index (Phi) is 4.90. The third-order valence-corrected chi connectivity index (χ3v) is 4.54. The average molecular weight is 328 g/mol. The summed E-state index contributed by atoms with van der Waals surface area (Å²) in [5.41, 5.74) is 2.71. The van der Waals surface area contributed by atoms with Gasteiger partial charge in [0.05, 0.1) is 17.7 Å². The van der Waals surface area contributed by atoms with E-state index in [1.54, 1.807) is 12.1 Å². The lowest BCUT2D eigenvalue weighted by atomic mass is 9.93. The Balaban J connectivity index is 1.98. The number of hydrogen-bond donors (Lipinski definition) is 1. The summed E-state index contributed by atoms with van der Waals surface area (Å²) in [5, 5.41) is 9.37. The number of aryl methyl sites for hydroxylation is 1. The van der Waals surface area contributed by atoms with Crippen molar-refractivity contribution in [2.24, 2.45) is 5.92 Å². The zero-order chi connectivity index (χ0) is 17.1. The van der Waals surface area contributed by atoms with Gasteiger partial charge in [-0.15, -0.1) is 0 Å². The van der Waals surface area contributed by atoms with Crippen molar-refractivity contribution in [1.82, 2.24) is 9.88 Å². The molecule has 0 saturated carbocycles. The summed E-state index contributed by atoms with van der Waals surface area (Å²) < 4.78 is 13.3. The van der Waals surface area contributed by atoms with Gasteiger partial charge in [-0.25, -0.2) is 4.39 Å². The molecule has 1 aliphatic heterocycles. The van der Waals surface area contributed by atoms with E-state index in [-0.39, 0.29) is 17.8 Å². The van der Waals surface area contributed by atoms with Crippen molar-refractivity contribution in [3.8, 4) is 0 Å². The van der Waals surface area contributed by atoms with Crippen molar-refractivity contribution in [3.63, 3.8) is 0 Å². The van der Waals surface area contributed by atoms with Gasteiger partial charge in [0.1, 0.15) is 5.82 Å². The van der Waals surface area contributed by atoms with E-state index in [0.717, 1.165) is 29.9 Å². The fraction of sp³-hybridized carbons (Fsp3) is 0.368. The SMILES string of the molecule is Cc1cccc(C(c2ccc(F)cc2)N2CCCC(C(=O)O)C2)n1. The Morgan fingerprint density at radius 2 is 2.04 bits per heavy atom. The molecule has 0 bridgehead atoms. The van der Waals surface area contributed by atoms with E-state index in [1.165, 1.54) is 12.1 Å². The minimum atomic E-state index is -0.755. The highest BCUT2D eigenvalue weighted by atomic mass is 19.1. The van der Waals surface area contributed by atoms with Crippen LogP contribution in [0.2, 0.25) is 0 Å². The van der Waals surface area contributed by atoms with Gasteiger partial charge in [-0.2, -0.15) is 0 Å². The van der Waals surface area contributed by atoms with Crippen molar-refractivity contribution < 1.29 is 14.3 Å². The molecule has 4 nitrogen and oxygen atoms in total. The standard InChI is InChI=1S/C19H21FN2O2/c1-13-4-2-6-17(21-13)18(14-7-9-16(20)10-8-14)22-11-3-5-15(12-22)19(23)24/h2,4,6-10,15,18H,3,5,11-12H2,1H3,(H,23,24). The number of rotatable bonds is 4. The third-order valence-electron chi connectivity index (χ3n) is 4.54. The number of pyridine rings is 1. The van der Waals surface area contributed by atoms with Gasteiger partial charge in [0, 0.05) is 12.2 Å². The fourth-order valence-electron chi connectivity index (χ4n) is 3.37. The first-order valence-electron chi connectivity index (χ1n) is 8.20. The number of hydrogen-bond acceptors (Lipinski definition) is 3. The van der Waals surface area contributed by atoms with E-state index in [1.807, 2.05) is 25.1 Å². The number of aromatic nitrogens is 1. The highest BCUT2D eigenvalue weighted by Gasteiger charge is 2.31. The molecular formula is C19H21FN2O2. The maximum atomic E-state index is 13.3. The molecule has 2 unspecified atom stereocenters. The summed E-state index contributed by atoms with van der Waals surface area (Å²) >= 11 is 0. The summed E-state index contributed by atoms with van der Waals surface area (Å²) in [7, 11) is 0. The van der Waals surface area contributed by atoms with E-state index in [4.69, 9.17) is 0 Å². The van der Waals surface area contributed by atoms with E-state index in [2.05, 4.69) is 9.88 Å². The number of aliphatic carboxylic acids is 1. The summed E-state index contributed by atoms with van der Waals surface area (Å²) in [6.07, 6.45) is 1.53. The summed E-state index contributed by atoms with van der Waals surface area (Å²) in [4.78, 5) is 18.2. The highest BCUT2D eigenvalue weighted by molar-refractivity contribution is 5.70. The molecule has 0 spiro atoms. The Bertz CT molecular complexity index is 718. The minimum absolute atomic E-state index is 0.160. The summed E-state index contributed by atoms with van der Waals surface area (Å²) in [5.74, 6) is -1.40. The van der Waals surface area contributed by atoms with Crippen LogP contribution in [-0.4, -0.2) is 34.0 Å². The second kappa shape index (κ2) is 7.09. The minimum Gasteiger partial charge on any atom is -0.481 e. The van der Waals surface area contributed by atoms with Crippen LogP contribution in [-0.2, 0) is 4.79 Å². The summed E-state index contributed by atoms with van der Waals surface area (Å²) in [6.45, 7) is 3.22. The van der Waals surface area contributed by atoms with E-state index in [0.29, 0.717) is 13.0 Å². The molecule has 1 aliphatic rings. The molecular weight excluding hydrogens is 307 g/mol. The van der Waals surface area contributed by atoms with Gasteiger partial charge in [0.15, 0.2) is 0 Å².